The van der Waals surface area contributed by atoms with Crippen molar-refractivity contribution in [3.63, 3.8) is 0 Å². The molecule has 0 unspecified atom stereocenters. The second-order valence-corrected chi connectivity index (χ2v) is 7.71. The van der Waals surface area contributed by atoms with E-state index in [1.807, 2.05) is 19.2 Å². The fourth-order valence-electron chi connectivity index (χ4n) is 2.40. The fourth-order valence-corrected chi connectivity index (χ4v) is 3.64. The lowest BCUT2D eigenvalue weighted by Crippen LogP contribution is -2.27. The van der Waals surface area contributed by atoms with Crippen LogP contribution in [-0.2, 0) is 17.6 Å². The minimum absolute atomic E-state index is 0.0230. The Kier molecular flexibility index (Phi) is 5.37. The molecule has 0 fully saturated rings. The lowest BCUT2D eigenvalue weighted by molar-refractivity contribution is -0.120. The molecule has 0 radical (unpaired) electrons. The van der Waals surface area contributed by atoms with Gasteiger partial charge >= 0.3 is 0 Å². The molecule has 1 amide bonds. The maximum absolute atomic E-state index is 11.9. The Morgan fingerprint density at radius 3 is 2.38 bits per heavy atom. The van der Waals surface area contributed by atoms with Gasteiger partial charge in [-0.2, -0.15) is 0 Å². The topological polar surface area (TPSA) is 54.9 Å². The second-order valence-electron chi connectivity index (χ2n) is 5.58. The Balaban J connectivity index is 1.47. The van der Waals surface area contributed by atoms with Crippen LogP contribution in [0.5, 0.6) is 0 Å². The molecule has 0 saturated carbocycles. The maximum atomic E-state index is 11.9. The van der Waals surface area contributed by atoms with Crippen LogP contribution in [0.2, 0.25) is 0 Å². The number of nitrogens with one attached hydrogen (secondary N) is 1. The highest BCUT2D eigenvalue weighted by molar-refractivity contribution is 7.10. The number of aromatic nitrogens is 2. The first kappa shape index (κ1) is 16.8. The first-order chi connectivity index (χ1) is 11.6. The van der Waals surface area contributed by atoms with Crippen LogP contribution in [0.3, 0.4) is 0 Å². The highest BCUT2D eigenvalue weighted by atomic mass is 32.1. The van der Waals surface area contributed by atoms with Crippen LogP contribution in [0.15, 0.2) is 35.0 Å². The van der Waals surface area contributed by atoms with Crippen LogP contribution >= 0.6 is 22.7 Å². The van der Waals surface area contributed by atoms with Gasteiger partial charge in [0, 0.05) is 22.9 Å². The molecule has 0 atom stereocenters. The molecule has 2 heterocycles. The summed E-state index contributed by atoms with van der Waals surface area (Å²) in [6.45, 7) is 4.60. The van der Waals surface area contributed by atoms with E-state index in [-0.39, 0.29) is 5.91 Å². The van der Waals surface area contributed by atoms with E-state index in [2.05, 4.69) is 44.9 Å². The van der Waals surface area contributed by atoms with E-state index in [0.29, 0.717) is 13.0 Å². The van der Waals surface area contributed by atoms with Crippen molar-refractivity contribution in [2.45, 2.75) is 26.7 Å². The second kappa shape index (κ2) is 7.68. The standard InChI is InChI=1S/C18H19N3OS2/c1-12-20-16(10-23-12)9-18(22)19-8-7-14-3-5-15(6-4-14)17-11-24-13(2)21-17/h3-6,10-11H,7-9H2,1-2H3,(H,19,22). The molecule has 0 aliphatic carbocycles. The molecular formula is C18H19N3OS2. The van der Waals surface area contributed by atoms with E-state index >= 15 is 0 Å². The highest BCUT2D eigenvalue weighted by Crippen LogP contribution is 2.21. The van der Waals surface area contributed by atoms with Crippen LogP contribution in [0.1, 0.15) is 21.3 Å². The predicted octanol–water partition coefficient (Wildman–Crippen LogP) is 3.78. The van der Waals surface area contributed by atoms with Crippen LogP contribution in [0.4, 0.5) is 0 Å². The molecule has 0 aliphatic heterocycles. The zero-order valence-electron chi connectivity index (χ0n) is 13.7. The van der Waals surface area contributed by atoms with Crippen molar-refractivity contribution in [2.24, 2.45) is 0 Å². The van der Waals surface area contributed by atoms with Gasteiger partial charge in [-0.05, 0) is 25.8 Å². The first-order valence-electron chi connectivity index (χ1n) is 7.79. The minimum atomic E-state index is 0.0230. The van der Waals surface area contributed by atoms with Crippen LogP contribution in [0, 0.1) is 13.8 Å². The normalized spacial score (nSPS) is 10.8. The number of nitrogens with zero attached hydrogens (tertiary/aromatic N) is 2. The van der Waals surface area contributed by atoms with Crippen LogP contribution in [0.25, 0.3) is 11.3 Å². The molecule has 0 saturated heterocycles. The summed E-state index contributed by atoms with van der Waals surface area (Å²) >= 11 is 3.23. The number of carbonyl (C=O) groups excluding carboxylic acids is 1. The van der Waals surface area contributed by atoms with Gasteiger partial charge in [-0.25, -0.2) is 9.97 Å². The van der Waals surface area contributed by atoms with Gasteiger partial charge in [0.15, 0.2) is 0 Å². The number of carbonyl (C=O) groups is 1. The Hall–Kier alpha value is -2.05. The van der Waals surface area contributed by atoms with Crippen molar-refractivity contribution < 1.29 is 4.79 Å². The number of aryl methyl sites for hydroxylation is 2. The molecule has 6 heteroatoms. The average Bonchev–Trinajstić information content (AvgIpc) is 3.16. The van der Waals surface area contributed by atoms with Crippen molar-refractivity contribution in [3.8, 4) is 11.3 Å². The summed E-state index contributed by atoms with van der Waals surface area (Å²) in [7, 11) is 0. The smallest absolute Gasteiger partial charge is 0.226 e. The third-order valence-corrected chi connectivity index (χ3v) is 5.21. The van der Waals surface area contributed by atoms with E-state index in [1.165, 1.54) is 5.56 Å². The number of amides is 1. The summed E-state index contributed by atoms with van der Waals surface area (Å²) in [5, 5.41) is 9.04. The number of thiazole rings is 2. The molecule has 124 valence electrons. The molecule has 1 aromatic carbocycles. The van der Waals surface area contributed by atoms with Gasteiger partial charge in [-0.3, -0.25) is 4.79 Å². The first-order valence-corrected chi connectivity index (χ1v) is 9.55. The van der Waals surface area contributed by atoms with Gasteiger partial charge in [-0.1, -0.05) is 24.3 Å². The molecule has 1 N–H and O–H groups in total. The van der Waals surface area contributed by atoms with Crippen molar-refractivity contribution >= 4 is 28.6 Å². The van der Waals surface area contributed by atoms with Gasteiger partial charge in [0.2, 0.25) is 5.91 Å². The van der Waals surface area contributed by atoms with Crippen LogP contribution < -0.4 is 5.32 Å². The average molecular weight is 358 g/mol. The summed E-state index contributed by atoms with van der Waals surface area (Å²) in [6, 6.07) is 8.37. The lowest BCUT2D eigenvalue weighted by atomic mass is 10.1. The maximum Gasteiger partial charge on any atom is 0.226 e. The molecular weight excluding hydrogens is 338 g/mol. The number of rotatable bonds is 6. The third-order valence-electron chi connectivity index (χ3n) is 3.61. The summed E-state index contributed by atoms with van der Waals surface area (Å²) in [6.07, 6.45) is 1.17. The van der Waals surface area contributed by atoms with E-state index < -0.39 is 0 Å². The highest BCUT2D eigenvalue weighted by Gasteiger charge is 2.06. The van der Waals surface area contributed by atoms with E-state index in [9.17, 15) is 4.79 Å². The summed E-state index contributed by atoms with van der Waals surface area (Å²) in [5.74, 6) is 0.0230. The zero-order valence-corrected chi connectivity index (χ0v) is 15.3. The van der Waals surface area contributed by atoms with Gasteiger partial charge < -0.3 is 5.32 Å². The van der Waals surface area contributed by atoms with E-state index in [1.54, 1.807) is 22.7 Å². The summed E-state index contributed by atoms with van der Waals surface area (Å²) in [5.41, 5.74) is 4.20. The minimum Gasteiger partial charge on any atom is -0.355 e. The zero-order chi connectivity index (χ0) is 16.9. The summed E-state index contributed by atoms with van der Waals surface area (Å²) < 4.78 is 0. The van der Waals surface area contributed by atoms with E-state index in [0.717, 1.165) is 33.4 Å². The molecule has 0 aliphatic rings. The molecule has 3 aromatic rings. The van der Waals surface area contributed by atoms with Gasteiger partial charge in [-0.15, -0.1) is 22.7 Å². The Morgan fingerprint density at radius 2 is 1.75 bits per heavy atom. The molecule has 0 spiro atoms. The number of hydrogen-bond acceptors (Lipinski definition) is 5. The van der Waals surface area contributed by atoms with Gasteiger partial charge in [0.1, 0.15) is 0 Å². The van der Waals surface area contributed by atoms with Crippen molar-refractivity contribution in [1.82, 2.24) is 15.3 Å². The molecule has 3 rings (SSSR count). The third kappa shape index (κ3) is 4.49. The fraction of sp³-hybridized carbons (Fsp3) is 0.278. The van der Waals surface area contributed by atoms with Crippen LogP contribution in [-0.4, -0.2) is 22.4 Å². The summed E-state index contributed by atoms with van der Waals surface area (Å²) in [4.78, 5) is 20.7. The van der Waals surface area contributed by atoms with Crippen molar-refractivity contribution in [1.29, 1.82) is 0 Å². The molecule has 0 bridgehead atoms. The monoisotopic (exact) mass is 357 g/mol. The Bertz CT molecular complexity index is 821. The van der Waals surface area contributed by atoms with Gasteiger partial charge in [0.05, 0.1) is 27.8 Å². The molecule has 24 heavy (non-hydrogen) atoms. The predicted molar refractivity (Wildman–Crippen MR) is 99.6 cm³/mol. The quantitative estimate of drug-likeness (QED) is 0.730. The Labute approximate surface area is 149 Å². The largest absolute Gasteiger partial charge is 0.355 e. The SMILES string of the molecule is Cc1nc(CC(=O)NCCc2ccc(-c3csc(C)n3)cc2)cs1. The lowest BCUT2D eigenvalue weighted by Gasteiger charge is -2.05. The molecule has 2 aromatic heterocycles. The van der Waals surface area contributed by atoms with Gasteiger partial charge in [0.25, 0.3) is 0 Å². The number of hydrogen-bond donors (Lipinski definition) is 1. The Morgan fingerprint density at radius 1 is 1.04 bits per heavy atom. The van der Waals surface area contributed by atoms with E-state index in [4.69, 9.17) is 0 Å². The number of benzene rings is 1. The van der Waals surface area contributed by atoms with Crippen molar-refractivity contribution in [3.05, 3.63) is 56.3 Å². The molecule has 4 nitrogen and oxygen atoms in total. The van der Waals surface area contributed by atoms with Crippen molar-refractivity contribution in [2.75, 3.05) is 6.54 Å².